The number of aromatic amines is 1. The monoisotopic (exact) mass is 303 g/mol. The molecule has 6 heteroatoms. The second-order valence-electron chi connectivity index (χ2n) is 4.24. The van der Waals surface area contributed by atoms with Gasteiger partial charge < -0.3 is 15.6 Å². The van der Waals surface area contributed by atoms with Crippen molar-refractivity contribution < 1.29 is 9.18 Å². The fourth-order valence-electron chi connectivity index (χ4n) is 1.88. The molecule has 2 rings (SSSR count). The second kappa shape index (κ2) is 5.18. The highest BCUT2D eigenvalue weighted by Gasteiger charge is 2.26. The average Bonchev–Trinajstić information content (AvgIpc) is 2.63. The molecule has 0 bridgehead atoms. The summed E-state index contributed by atoms with van der Waals surface area (Å²) in [5.41, 5.74) is 1.34. The molecule has 1 amide bonds. The van der Waals surface area contributed by atoms with Gasteiger partial charge in [0.2, 0.25) is 0 Å². The number of piperidine rings is 1. The molecule has 94 valence electrons. The molecular formula is C11H15BrFN3O. The first-order valence-electron chi connectivity index (χ1n) is 5.58. The van der Waals surface area contributed by atoms with E-state index in [1.807, 2.05) is 6.92 Å². The van der Waals surface area contributed by atoms with E-state index in [-0.39, 0.29) is 5.91 Å². The van der Waals surface area contributed by atoms with Crippen LogP contribution in [0, 0.1) is 6.92 Å². The Morgan fingerprint density at radius 1 is 1.65 bits per heavy atom. The Labute approximate surface area is 107 Å². The number of carbonyl (C=O) groups is 1. The van der Waals surface area contributed by atoms with Gasteiger partial charge in [-0.25, -0.2) is 4.39 Å². The van der Waals surface area contributed by atoms with Crippen molar-refractivity contribution in [2.24, 2.45) is 0 Å². The number of amides is 1. The molecule has 2 atom stereocenters. The molecule has 1 aromatic heterocycles. The van der Waals surface area contributed by atoms with Gasteiger partial charge in [-0.1, -0.05) is 0 Å². The molecule has 0 spiro atoms. The number of alkyl halides is 1. The van der Waals surface area contributed by atoms with Crippen molar-refractivity contribution in [3.05, 3.63) is 21.9 Å². The largest absolute Gasteiger partial charge is 0.354 e. The van der Waals surface area contributed by atoms with Gasteiger partial charge >= 0.3 is 0 Å². The lowest BCUT2D eigenvalue weighted by molar-refractivity contribution is 0.0887. The molecule has 1 saturated heterocycles. The molecule has 1 aliphatic heterocycles. The number of rotatable bonds is 2. The van der Waals surface area contributed by atoms with Crippen molar-refractivity contribution in [2.45, 2.75) is 25.6 Å². The third kappa shape index (κ3) is 2.87. The van der Waals surface area contributed by atoms with Gasteiger partial charge in [0.1, 0.15) is 11.9 Å². The van der Waals surface area contributed by atoms with Gasteiger partial charge in [0, 0.05) is 16.7 Å². The average molecular weight is 304 g/mol. The summed E-state index contributed by atoms with van der Waals surface area (Å²) in [5.74, 6) is -0.256. The summed E-state index contributed by atoms with van der Waals surface area (Å²) in [5, 5.41) is 5.67. The summed E-state index contributed by atoms with van der Waals surface area (Å²) in [4.78, 5) is 14.8. The molecule has 0 aliphatic carbocycles. The summed E-state index contributed by atoms with van der Waals surface area (Å²) in [6.07, 6.45) is -0.402. The van der Waals surface area contributed by atoms with Gasteiger partial charge in [-0.3, -0.25) is 4.79 Å². The number of nitrogens with one attached hydrogen (secondary N) is 3. The number of hydrogen-bond acceptors (Lipinski definition) is 2. The number of H-pyrrole nitrogens is 1. The first-order chi connectivity index (χ1) is 8.08. The van der Waals surface area contributed by atoms with Gasteiger partial charge in [-0.15, -0.1) is 0 Å². The molecule has 1 fully saturated rings. The number of aryl methyl sites for hydroxylation is 1. The fourth-order valence-corrected chi connectivity index (χ4v) is 2.21. The molecule has 0 aromatic carbocycles. The predicted octanol–water partition coefficient (Wildman–Crippen LogP) is 1.52. The maximum absolute atomic E-state index is 13.5. The van der Waals surface area contributed by atoms with Crippen LogP contribution in [0.5, 0.6) is 0 Å². The molecule has 0 unspecified atom stereocenters. The summed E-state index contributed by atoms with van der Waals surface area (Å²) in [6.45, 7) is 2.90. The topological polar surface area (TPSA) is 56.9 Å². The van der Waals surface area contributed by atoms with Gasteiger partial charge in [-0.05, 0) is 41.9 Å². The first-order valence-corrected chi connectivity index (χ1v) is 6.38. The van der Waals surface area contributed by atoms with E-state index in [0.29, 0.717) is 18.7 Å². The lowest BCUT2D eigenvalue weighted by Crippen LogP contribution is -2.50. The van der Waals surface area contributed by atoms with Crippen LogP contribution in [-0.4, -0.2) is 36.2 Å². The molecule has 0 saturated carbocycles. The quantitative estimate of drug-likeness (QED) is 0.776. The Balaban J connectivity index is 2.01. The minimum atomic E-state index is -1.02. The fraction of sp³-hybridized carbons (Fsp3) is 0.545. The van der Waals surface area contributed by atoms with Crippen molar-refractivity contribution in [1.82, 2.24) is 15.6 Å². The molecule has 17 heavy (non-hydrogen) atoms. The Bertz CT molecular complexity index is 401. The van der Waals surface area contributed by atoms with Gasteiger partial charge in [0.15, 0.2) is 0 Å². The highest BCUT2D eigenvalue weighted by Crippen LogP contribution is 2.17. The van der Waals surface area contributed by atoms with Crippen molar-refractivity contribution in [1.29, 1.82) is 0 Å². The Morgan fingerprint density at radius 2 is 2.41 bits per heavy atom. The third-order valence-electron chi connectivity index (χ3n) is 2.92. The summed E-state index contributed by atoms with van der Waals surface area (Å²) in [6, 6.07) is 1.31. The standard InChI is InChI=1S/C11H15BrFN3O/c1-6-7(12)4-10(15-6)11(17)16-9-2-3-14-5-8(9)13/h4,8-9,14-15H,2-3,5H2,1H3,(H,16,17)/t8-,9+/m0/s1. The van der Waals surface area contributed by atoms with Crippen molar-refractivity contribution in [3.63, 3.8) is 0 Å². The van der Waals surface area contributed by atoms with Crippen LogP contribution >= 0.6 is 15.9 Å². The number of aromatic nitrogens is 1. The first kappa shape index (κ1) is 12.6. The molecule has 2 heterocycles. The molecule has 3 N–H and O–H groups in total. The Kier molecular flexibility index (Phi) is 3.83. The van der Waals surface area contributed by atoms with Gasteiger partial charge in [0.05, 0.1) is 6.04 Å². The minimum absolute atomic E-state index is 0.256. The lowest BCUT2D eigenvalue weighted by Gasteiger charge is -2.27. The number of carbonyl (C=O) groups excluding carboxylic acids is 1. The van der Waals surface area contributed by atoms with E-state index in [9.17, 15) is 9.18 Å². The molecule has 1 aliphatic rings. The lowest BCUT2D eigenvalue weighted by atomic mass is 10.0. The van der Waals surface area contributed by atoms with Gasteiger partial charge in [-0.2, -0.15) is 0 Å². The summed E-state index contributed by atoms with van der Waals surface area (Å²) >= 11 is 3.33. The van der Waals surface area contributed by atoms with E-state index < -0.39 is 12.2 Å². The minimum Gasteiger partial charge on any atom is -0.354 e. The smallest absolute Gasteiger partial charge is 0.268 e. The highest BCUT2D eigenvalue weighted by atomic mass is 79.9. The zero-order chi connectivity index (χ0) is 12.4. The van der Waals surface area contributed by atoms with Crippen LogP contribution < -0.4 is 10.6 Å². The Morgan fingerprint density at radius 3 is 3.00 bits per heavy atom. The molecule has 1 aromatic rings. The van der Waals surface area contributed by atoms with E-state index in [0.717, 1.165) is 16.7 Å². The maximum atomic E-state index is 13.5. The van der Waals surface area contributed by atoms with Crippen LogP contribution in [0.25, 0.3) is 0 Å². The van der Waals surface area contributed by atoms with Crippen LogP contribution in [0.15, 0.2) is 10.5 Å². The van der Waals surface area contributed by atoms with Crippen molar-refractivity contribution >= 4 is 21.8 Å². The van der Waals surface area contributed by atoms with E-state index in [1.54, 1.807) is 6.07 Å². The maximum Gasteiger partial charge on any atom is 0.268 e. The van der Waals surface area contributed by atoms with Crippen molar-refractivity contribution in [3.8, 4) is 0 Å². The van der Waals surface area contributed by atoms with Gasteiger partial charge in [0.25, 0.3) is 5.91 Å². The molecule has 0 radical (unpaired) electrons. The van der Waals surface area contributed by atoms with E-state index >= 15 is 0 Å². The Hall–Kier alpha value is -0.880. The number of halogens is 2. The van der Waals surface area contributed by atoms with E-state index in [4.69, 9.17) is 0 Å². The van der Waals surface area contributed by atoms with Crippen molar-refractivity contribution in [2.75, 3.05) is 13.1 Å². The second-order valence-corrected chi connectivity index (χ2v) is 5.10. The SMILES string of the molecule is Cc1[nH]c(C(=O)N[C@@H]2CCNC[C@@H]2F)cc1Br. The van der Waals surface area contributed by atoms with E-state index in [2.05, 4.69) is 31.5 Å². The summed E-state index contributed by atoms with van der Waals surface area (Å²) in [7, 11) is 0. The molecule has 4 nitrogen and oxygen atoms in total. The highest BCUT2D eigenvalue weighted by molar-refractivity contribution is 9.10. The van der Waals surface area contributed by atoms with Crippen LogP contribution in [-0.2, 0) is 0 Å². The zero-order valence-electron chi connectivity index (χ0n) is 9.52. The normalized spacial score (nSPS) is 24.6. The van der Waals surface area contributed by atoms with Crippen LogP contribution in [0.3, 0.4) is 0 Å². The van der Waals surface area contributed by atoms with E-state index in [1.165, 1.54) is 0 Å². The molecular weight excluding hydrogens is 289 g/mol. The number of hydrogen-bond donors (Lipinski definition) is 3. The van der Waals surface area contributed by atoms with Crippen LogP contribution in [0.2, 0.25) is 0 Å². The van der Waals surface area contributed by atoms with Crippen LogP contribution in [0.1, 0.15) is 22.6 Å². The predicted molar refractivity (Wildman–Crippen MR) is 66.9 cm³/mol. The summed E-state index contributed by atoms with van der Waals surface area (Å²) < 4.78 is 14.4. The zero-order valence-corrected chi connectivity index (χ0v) is 11.1. The van der Waals surface area contributed by atoms with Crippen LogP contribution in [0.4, 0.5) is 4.39 Å². The third-order valence-corrected chi connectivity index (χ3v) is 3.74.